The van der Waals surface area contributed by atoms with Gasteiger partial charge in [-0.1, -0.05) is 55.3 Å². The number of aryl methyl sites for hydroxylation is 3. The second-order valence-electron chi connectivity index (χ2n) is 6.18. The summed E-state index contributed by atoms with van der Waals surface area (Å²) in [5.74, 6) is 0. The number of hydrogen-bond donors (Lipinski definition) is 0. The smallest absolute Gasteiger partial charge is 0.0159 e. The Morgan fingerprint density at radius 2 is 1.44 bits per heavy atom. The molecular formula is C18H20. The third-order valence-electron chi connectivity index (χ3n) is 4.27. The van der Waals surface area contributed by atoms with Gasteiger partial charge in [-0.25, -0.2) is 0 Å². The summed E-state index contributed by atoms with van der Waals surface area (Å²) >= 11 is 0. The lowest BCUT2D eigenvalue weighted by molar-refractivity contribution is 0.659. The molecule has 0 amide bonds. The van der Waals surface area contributed by atoms with Gasteiger partial charge in [0.25, 0.3) is 0 Å². The molecule has 2 aromatic rings. The molecule has 0 saturated carbocycles. The Labute approximate surface area is 110 Å². The maximum atomic E-state index is 2.36. The average molecular weight is 236 g/mol. The molecule has 0 aliphatic heterocycles. The van der Waals surface area contributed by atoms with Crippen molar-refractivity contribution in [2.24, 2.45) is 0 Å². The predicted octanol–water partition coefficient (Wildman–Crippen LogP) is 4.92. The molecule has 0 saturated heterocycles. The van der Waals surface area contributed by atoms with E-state index in [1.807, 2.05) is 0 Å². The summed E-state index contributed by atoms with van der Waals surface area (Å²) in [6, 6.07) is 11.5. The average Bonchev–Trinajstić information content (AvgIpc) is 2.49. The maximum Gasteiger partial charge on any atom is 0.0159 e. The van der Waals surface area contributed by atoms with E-state index in [-0.39, 0.29) is 5.41 Å². The van der Waals surface area contributed by atoms with Gasteiger partial charge in [-0.2, -0.15) is 0 Å². The van der Waals surface area contributed by atoms with E-state index < -0.39 is 0 Å². The van der Waals surface area contributed by atoms with Gasteiger partial charge >= 0.3 is 0 Å². The Hall–Kier alpha value is -1.56. The summed E-state index contributed by atoms with van der Waals surface area (Å²) in [5.41, 5.74) is 10.1. The van der Waals surface area contributed by atoms with Gasteiger partial charge in [-0.05, 0) is 48.6 Å². The zero-order valence-corrected chi connectivity index (χ0v) is 11.9. The molecule has 0 unspecified atom stereocenters. The fraction of sp³-hybridized carbons (Fsp3) is 0.333. The molecule has 2 aromatic carbocycles. The topological polar surface area (TPSA) is 0 Å². The first-order valence-corrected chi connectivity index (χ1v) is 6.64. The van der Waals surface area contributed by atoms with E-state index in [1.54, 1.807) is 0 Å². The zero-order chi connectivity index (χ0) is 13.1. The minimum absolute atomic E-state index is 0.132. The van der Waals surface area contributed by atoms with Crippen molar-refractivity contribution >= 4 is 0 Å². The Balaban J connectivity index is 2.42. The van der Waals surface area contributed by atoms with E-state index >= 15 is 0 Å². The molecule has 0 aromatic heterocycles. The molecule has 92 valence electrons. The SMILES string of the molecule is Cc1ccc2c(c1)C(C)(C)c1cc(C)cc(C)c1-2. The molecule has 0 spiro atoms. The molecule has 0 radical (unpaired) electrons. The van der Waals surface area contributed by atoms with E-state index in [0.29, 0.717) is 0 Å². The molecule has 18 heavy (non-hydrogen) atoms. The van der Waals surface area contributed by atoms with Crippen molar-refractivity contribution < 1.29 is 0 Å². The van der Waals surface area contributed by atoms with Gasteiger partial charge in [-0.3, -0.25) is 0 Å². The molecule has 0 fully saturated rings. The van der Waals surface area contributed by atoms with Crippen LogP contribution in [-0.2, 0) is 5.41 Å². The molecule has 0 N–H and O–H groups in total. The molecule has 1 aliphatic rings. The molecular weight excluding hydrogens is 216 g/mol. The number of rotatable bonds is 0. The summed E-state index contributed by atoms with van der Waals surface area (Å²) in [4.78, 5) is 0. The summed E-state index contributed by atoms with van der Waals surface area (Å²) < 4.78 is 0. The van der Waals surface area contributed by atoms with E-state index in [9.17, 15) is 0 Å². The van der Waals surface area contributed by atoms with Crippen LogP contribution >= 0.6 is 0 Å². The van der Waals surface area contributed by atoms with Gasteiger partial charge < -0.3 is 0 Å². The van der Waals surface area contributed by atoms with Gasteiger partial charge in [0.15, 0.2) is 0 Å². The number of hydrogen-bond acceptors (Lipinski definition) is 0. The Bertz CT molecular complexity index is 645. The Kier molecular flexibility index (Phi) is 2.22. The van der Waals surface area contributed by atoms with Crippen LogP contribution in [0.4, 0.5) is 0 Å². The summed E-state index contributed by atoms with van der Waals surface area (Å²) in [7, 11) is 0. The van der Waals surface area contributed by atoms with Crippen LogP contribution in [-0.4, -0.2) is 0 Å². The highest BCUT2D eigenvalue weighted by molar-refractivity contribution is 5.83. The van der Waals surface area contributed by atoms with Crippen LogP contribution in [0.15, 0.2) is 30.3 Å². The summed E-state index contributed by atoms with van der Waals surface area (Å²) in [6.07, 6.45) is 0. The first kappa shape index (κ1) is 11.5. The molecule has 0 heterocycles. The lowest BCUT2D eigenvalue weighted by atomic mass is 9.81. The molecule has 0 heteroatoms. The second-order valence-corrected chi connectivity index (χ2v) is 6.18. The third kappa shape index (κ3) is 1.38. The van der Waals surface area contributed by atoms with Crippen molar-refractivity contribution in [3.63, 3.8) is 0 Å². The van der Waals surface area contributed by atoms with E-state index in [1.165, 1.54) is 38.9 Å². The number of fused-ring (bicyclic) bond motifs is 3. The van der Waals surface area contributed by atoms with Crippen molar-refractivity contribution in [1.29, 1.82) is 0 Å². The summed E-state index contributed by atoms with van der Waals surface area (Å²) in [6.45, 7) is 11.3. The van der Waals surface area contributed by atoms with Crippen molar-refractivity contribution in [2.45, 2.75) is 40.0 Å². The maximum absolute atomic E-state index is 2.36. The van der Waals surface area contributed by atoms with Crippen LogP contribution in [0.5, 0.6) is 0 Å². The van der Waals surface area contributed by atoms with Crippen LogP contribution in [0.25, 0.3) is 11.1 Å². The van der Waals surface area contributed by atoms with Crippen LogP contribution < -0.4 is 0 Å². The fourth-order valence-electron chi connectivity index (χ4n) is 3.36. The Morgan fingerprint density at radius 1 is 0.778 bits per heavy atom. The second kappa shape index (κ2) is 3.47. The van der Waals surface area contributed by atoms with E-state index in [2.05, 4.69) is 65.0 Å². The fourth-order valence-corrected chi connectivity index (χ4v) is 3.36. The minimum Gasteiger partial charge on any atom is -0.0587 e. The van der Waals surface area contributed by atoms with Crippen molar-refractivity contribution in [3.8, 4) is 11.1 Å². The first-order chi connectivity index (χ1) is 8.41. The summed E-state index contributed by atoms with van der Waals surface area (Å²) in [5, 5.41) is 0. The highest BCUT2D eigenvalue weighted by atomic mass is 14.4. The quantitative estimate of drug-likeness (QED) is 0.609. The standard InChI is InChI=1S/C18H20/c1-11-6-7-14-15(9-11)18(4,5)16-10-12(2)8-13(3)17(14)16/h6-10H,1-5H3. The zero-order valence-electron chi connectivity index (χ0n) is 11.9. The van der Waals surface area contributed by atoms with Crippen molar-refractivity contribution in [1.82, 2.24) is 0 Å². The van der Waals surface area contributed by atoms with Crippen LogP contribution in [0, 0.1) is 20.8 Å². The third-order valence-corrected chi connectivity index (χ3v) is 4.27. The van der Waals surface area contributed by atoms with Crippen molar-refractivity contribution in [2.75, 3.05) is 0 Å². The van der Waals surface area contributed by atoms with Gasteiger partial charge in [0, 0.05) is 5.41 Å². The highest BCUT2D eigenvalue weighted by Crippen LogP contribution is 2.50. The van der Waals surface area contributed by atoms with Gasteiger partial charge in [0.05, 0.1) is 0 Å². The van der Waals surface area contributed by atoms with Crippen LogP contribution in [0.3, 0.4) is 0 Å². The number of benzene rings is 2. The monoisotopic (exact) mass is 236 g/mol. The van der Waals surface area contributed by atoms with Crippen LogP contribution in [0.1, 0.15) is 41.7 Å². The molecule has 3 rings (SSSR count). The Morgan fingerprint density at radius 3 is 2.17 bits per heavy atom. The first-order valence-electron chi connectivity index (χ1n) is 6.64. The normalized spacial score (nSPS) is 15.4. The molecule has 0 bridgehead atoms. The van der Waals surface area contributed by atoms with Crippen LogP contribution in [0.2, 0.25) is 0 Å². The minimum atomic E-state index is 0.132. The van der Waals surface area contributed by atoms with E-state index in [4.69, 9.17) is 0 Å². The van der Waals surface area contributed by atoms with E-state index in [0.717, 1.165) is 0 Å². The lowest BCUT2D eigenvalue weighted by Gasteiger charge is -2.22. The largest absolute Gasteiger partial charge is 0.0587 e. The highest BCUT2D eigenvalue weighted by Gasteiger charge is 2.36. The van der Waals surface area contributed by atoms with Gasteiger partial charge in [0.1, 0.15) is 0 Å². The molecule has 0 atom stereocenters. The van der Waals surface area contributed by atoms with Gasteiger partial charge in [-0.15, -0.1) is 0 Å². The van der Waals surface area contributed by atoms with Gasteiger partial charge in [0.2, 0.25) is 0 Å². The lowest BCUT2D eigenvalue weighted by Crippen LogP contribution is -2.15. The molecule has 1 aliphatic carbocycles. The predicted molar refractivity (Wildman–Crippen MR) is 78.2 cm³/mol. The van der Waals surface area contributed by atoms with Crippen molar-refractivity contribution in [3.05, 3.63) is 58.1 Å². The molecule has 0 nitrogen and oxygen atoms in total.